The van der Waals surface area contributed by atoms with Crippen LogP contribution in [0.4, 0.5) is 10.1 Å². The first kappa shape index (κ1) is 15.3. The third-order valence-electron chi connectivity index (χ3n) is 3.94. The lowest BCUT2D eigenvalue weighted by molar-refractivity contribution is 0.271. The largest absolute Gasteiger partial charge is 0.369 e. The highest BCUT2D eigenvalue weighted by Gasteiger charge is 2.18. The number of nitrogens with one attached hydrogen (secondary N) is 1. The molecule has 1 saturated heterocycles. The second kappa shape index (κ2) is 7.60. The third kappa shape index (κ3) is 3.93. The van der Waals surface area contributed by atoms with Gasteiger partial charge in [0.15, 0.2) is 0 Å². The smallest absolute Gasteiger partial charge is 0.123 e. The molecule has 3 nitrogen and oxygen atoms in total. The minimum atomic E-state index is -0.144. The standard InChI is InChI=1S/C16H26FN3/c1-3-7-18-13-14-12-15(17)5-6-16(14)20-10-8-19(4-2)9-11-20/h5-6,12,18H,3-4,7-11,13H2,1-2H3. The lowest BCUT2D eigenvalue weighted by Crippen LogP contribution is -2.46. The van der Waals surface area contributed by atoms with Crippen LogP contribution >= 0.6 is 0 Å². The summed E-state index contributed by atoms with van der Waals surface area (Å²) in [6.07, 6.45) is 1.10. The molecule has 1 aliphatic heterocycles. The van der Waals surface area contributed by atoms with Crippen molar-refractivity contribution >= 4 is 5.69 Å². The highest BCUT2D eigenvalue weighted by molar-refractivity contribution is 5.54. The first-order valence-corrected chi connectivity index (χ1v) is 7.71. The van der Waals surface area contributed by atoms with Gasteiger partial charge in [-0.05, 0) is 43.3 Å². The van der Waals surface area contributed by atoms with Gasteiger partial charge < -0.3 is 15.1 Å². The van der Waals surface area contributed by atoms with Crippen LogP contribution < -0.4 is 10.2 Å². The molecule has 1 aliphatic rings. The zero-order chi connectivity index (χ0) is 14.4. The Bertz CT molecular complexity index is 414. The Morgan fingerprint density at radius 2 is 1.90 bits per heavy atom. The van der Waals surface area contributed by atoms with E-state index in [0.717, 1.165) is 57.8 Å². The van der Waals surface area contributed by atoms with E-state index in [4.69, 9.17) is 0 Å². The maximum atomic E-state index is 13.5. The molecule has 0 radical (unpaired) electrons. The molecule has 0 amide bonds. The molecule has 0 bridgehead atoms. The van der Waals surface area contributed by atoms with Crippen LogP contribution in [-0.4, -0.2) is 44.2 Å². The minimum Gasteiger partial charge on any atom is -0.369 e. The van der Waals surface area contributed by atoms with Crippen LogP contribution in [0.3, 0.4) is 0 Å². The zero-order valence-electron chi connectivity index (χ0n) is 12.7. The van der Waals surface area contributed by atoms with Gasteiger partial charge in [0, 0.05) is 38.4 Å². The molecular formula is C16H26FN3. The van der Waals surface area contributed by atoms with Crippen molar-refractivity contribution in [1.82, 2.24) is 10.2 Å². The van der Waals surface area contributed by atoms with Crippen LogP contribution in [0.1, 0.15) is 25.8 Å². The molecule has 0 spiro atoms. The summed E-state index contributed by atoms with van der Waals surface area (Å²) in [7, 11) is 0. The second-order valence-electron chi connectivity index (χ2n) is 5.37. The Kier molecular flexibility index (Phi) is 5.80. The number of rotatable bonds is 6. The van der Waals surface area contributed by atoms with Crippen LogP contribution in [0, 0.1) is 5.82 Å². The van der Waals surface area contributed by atoms with Crippen LogP contribution in [0.25, 0.3) is 0 Å². The van der Waals surface area contributed by atoms with Crippen molar-refractivity contribution in [3.8, 4) is 0 Å². The fourth-order valence-electron chi connectivity index (χ4n) is 2.71. The monoisotopic (exact) mass is 279 g/mol. The van der Waals surface area contributed by atoms with Gasteiger partial charge in [-0.15, -0.1) is 0 Å². The zero-order valence-corrected chi connectivity index (χ0v) is 12.7. The summed E-state index contributed by atoms with van der Waals surface area (Å²) in [6, 6.07) is 5.18. The molecular weight excluding hydrogens is 253 g/mol. The van der Waals surface area contributed by atoms with E-state index < -0.39 is 0 Å². The molecule has 1 aromatic carbocycles. The Balaban J connectivity index is 2.06. The summed E-state index contributed by atoms with van der Waals surface area (Å²) in [5.41, 5.74) is 2.26. The molecule has 1 fully saturated rings. The van der Waals surface area contributed by atoms with E-state index in [1.54, 1.807) is 12.1 Å². The molecule has 1 aromatic rings. The van der Waals surface area contributed by atoms with Crippen molar-refractivity contribution in [2.45, 2.75) is 26.8 Å². The van der Waals surface area contributed by atoms with E-state index in [-0.39, 0.29) is 5.82 Å². The summed E-state index contributed by atoms with van der Waals surface area (Å²) in [4.78, 5) is 4.84. The second-order valence-corrected chi connectivity index (χ2v) is 5.37. The number of benzene rings is 1. The Hall–Kier alpha value is -1.13. The number of likely N-dealkylation sites (N-methyl/N-ethyl adjacent to an activating group) is 1. The van der Waals surface area contributed by atoms with Crippen LogP contribution in [-0.2, 0) is 6.54 Å². The molecule has 1 N–H and O–H groups in total. The first-order valence-electron chi connectivity index (χ1n) is 7.71. The van der Waals surface area contributed by atoms with Crippen molar-refractivity contribution in [3.05, 3.63) is 29.6 Å². The average molecular weight is 279 g/mol. The number of piperazine rings is 1. The van der Waals surface area contributed by atoms with Gasteiger partial charge in [-0.25, -0.2) is 4.39 Å². The summed E-state index contributed by atoms with van der Waals surface area (Å²) >= 11 is 0. The van der Waals surface area contributed by atoms with Crippen molar-refractivity contribution in [2.75, 3.05) is 44.2 Å². The van der Waals surface area contributed by atoms with Crippen molar-refractivity contribution in [2.24, 2.45) is 0 Å². The molecule has 0 atom stereocenters. The van der Waals surface area contributed by atoms with Gasteiger partial charge in [0.2, 0.25) is 0 Å². The molecule has 20 heavy (non-hydrogen) atoms. The van der Waals surface area contributed by atoms with E-state index in [2.05, 4.69) is 29.0 Å². The maximum Gasteiger partial charge on any atom is 0.123 e. The van der Waals surface area contributed by atoms with E-state index in [0.29, 0.717) is 0 Å². The lowest BCUT2D eigenvalue weighted by Gasteiger charge is -2.36. The minimum absolute atomic E-state index is 0.144. The van der Waals surface area contributed by atoms with E-state index in [1.807, 2.05) is 6.07 Å². The summed E-state index contributed by atoms with van der Waals surface area (Å²) in [5.74, 6) is -0.144. The van der Waals surface area contributed by atoms with Crippen LogP contribution in [0.5, 0.6) is 0 Å². The fraction of sp³-hybridized carbons (Fsp3) is 0.625. The highest BCUT2D eigenvalue weighted by Crippen LogP contribution is 2.23. The number of nitrogens with zero attached hydrogens (tertiary/aromatic N) is 2. The van der Waals surface area contributed by atoms with Gasteiger partial charge >= 0.3 is 0 Å². The van der Waals surface area contributed by atoms with Crippen LogP contribution in [0.2, 0.25) is 0 Å². The van der Waals surface area contributed by atoms with Crippen molar-refractivity contribution in [1.29, 1.82) is 0 Å². The average Bonchev–Trinajstić information content (AvgIpc) is 2.48. The molecule has 0 unspecified atom stereocenters. The quantitative estimate of drug-likeness (QED) is 0.807. The van der Waals surface area contributed by atoms with Gasteiger partial charge in [0.1, 0.15) is 5.82 Å². The Morgan fingerprint density at radius 3 is 2.55 bits per heavy atom. The number of anilines is 1. The van der Waals surface area contributed by atoms with E-state index in [1.165, 1.54) is 5.69 Å². The van der Waals surface area contributed by atoms with Crippen molar-refractivity contribution < 1.29 is 4.39 Å². The summed E-state index contributed by atoms with van der Waals surface area (Å²) < 4.78 is 13.5. The SMILES string of the molecule is CCCNCc1cc(F)ccc1N1CCN(CC)CC1. The van der Waals surface area contributed by atoms with Gasteiger partial charge in [-0.1, -0.05) is 13.8 Å². The number of halogens is 1. The molecule has 4 heteroatoms. The normalized spacial score (nSPS) is 16.6. The summed E-state index contributed by atoms with van der Waals surface area (Å²) in [5, 5.41) is 3.37. The maximum absolute atomic E-state index is 13.5. The third-order valence-corrected chi connectivity index (χ3v) is 3.94. The topological polar surface area (TPSA) is 18.5 Å². The molecule has 0 aromatic heterocycles. The van der Waals surface area contributed by atoms with E-state index in [9.17, 15) is 4.39 Å². The van der Waals surface area contributed by atoms with E-state index >= 15 is 0 Å². The van der Waals surface area contributed by atoms with Gasteiger partial charge in [0.25, 0.3) is 0 Å². The molecule has 0 saturated carbocycles. The van der Waals surface area contributed by atoms with Crippen LogP contribution in [0.15, 0.2) is 18.2 Å². The molecule has 1 heterocycles. The summed E-state index contributed by atoms with van der Waals surface area (Å²) in [6.45, 7) is 11.4. The molecule has 2 rings (SSSR count). The predicted octanol–water partition coefficient (Wildman–Crippen LogP) is 2.47. The fourth-order valence-corrected chi connectivity index (χ4v) is 2.71. The first-order chi connectivity index (χ1) is 9.74. The van der Waals surface area contributed by atoms with Gasteiger partial charge in [0.05, 0.1) is 0 Å². The Morgan fingerprint density at radius 1 is 1.15 bits per heavy atom. The molecule has 0 aliphatic carbocycles. The lowest BCUT2D eigenvalue weighted by atomic mass is 10.1. The highest BCUT2D eigenvalue weighted by atomic mass is 19.1. The van der Waals surface area contributed by atoms with Gasteiger partial charge in [-0.3, -0.25) is 0 Å². The molecule has 112 valence electrons. The number of hydrogen-bond donors (Lipinski definition) is 1. The Labute approximate surface area is 121 Å². The van der Waals surface area contributed by atoms with Gasteiger partial charge in [-0.2, -0.15) is 0 Å². The number of hydrogen-bond acceptors (Lipinski definition) is 3. The predicted molar refractivity (Wildman–Crippen MR) is 82.7 cm³/mol. The van der Waals surface area contributed by atoms with Crippen molar-refractivity contribution in [3.63, 3.8) is 0 Å².